The van der Waals surface area contributed by atoms with Crippen molar-refractivity contribution in [3.05, 3.63) is 54.1 Å². The fourth-order valence-corrected chi connectivity index (χ4v) is 2.70. The Hall–Kier alpha value is -2.56. The monoisotopic (exact) mass is 328 g/mol. The molecule has 1 aromatic carbocycles. The molecule has 1 heterocycles. The van der Waals surface area contributed by atoms with Crippen LogP contribution in [0.15, 0.2) is 43.0 Å². The molecule has 2 amide bonds. The number of rotatable bonds is 6. The van der Waals surface area contributed by atoms with E-state index in [2.05, 4.69) is 11.9 Å². The van der Waals surface area contributed by atoms with Crippen LogP contribution in [0.1, 0.15) is 18.1 Å². The smallest absolute Gasteiger partial charge is 0.247 e. The van der Waals surface area contributed by atoms with Crippen LogP contribution in [-0.4, -0.2) is 41.9 Å². The van der Waals surface area contributed by atoms with Crippen LogP contribution >= 0.6 is 0 Å². The third-order valence-corrected chi connectivity index (χ3v) is 3.96. The molecule has 5 heteroatoms. The van der Waals surface area contributed by atoms with E-state index in [1.807, 2.05) is 45.0 Å². The number of aryl methyl sites for hydroxylation is 2. The van der Waals surface area contributed by atoms with Crippen LogP contribution in [0.2, 0.25) is 0 Å². The molecule has 1 unspecified atom stereocenters. The van der Waals surface area contributed by atoms with Crippen molar-refractivity contribution < 1.29 is 14.3 Å². The summed E-state index contributed by atoms with van der Waals surface area (Å²) in [5.41, 5.74) is 2.13. The number of amides is 2. The summed E-state index contributed by atoms with van der Waals surface area (Å²) >= 11 is 0. The highest BCUT2D eigenvalue weighted by Gasteiger charge is 2.29. The van der Waals surface area contributed by atoms with Crippen molar-refractivity contribution in [3.8, 4) is 5.75 Å². The van der Waals surface area contributed by atoms with Crippen LogP contribution in [0.25, 0.3) is 0 Å². The van der Waals surface area contributed by atoms with Crippen LogP contribution in [0, 0.1) is 13.8 Å². The lowest BCUT2D eigenvalue weighted by atomic mass is 10.1. The van der Waals surface area contributed by atoms with Crippen LogP contribution in [0.5, 0.6) is 5.75 Å². The number of nitrogens with zero attached hydrogens (tertiary/aromatic N) is 1. The van der Waals surface area contributed by atoms with Gasteiger partial charge in [0.15, 0.2) is 0 Å². The molecular weight excluding hydrogens is 304 g/mol. The molecule has 1 aliphatic heterocycles. The molecule has 0 saturated carbocycles. The molecule has 1 aromatic rings. The highest BCUT2D eigenvalue weighted by atomic mass is 16.5. The Morgan fingerprint density at radius 2 is 2.08 bits per heavy atom. The van der Waals surface area contributed by atoms with Crippen molar-refractivity contribution in [1.29, 1.82) is 0 Å². The number of ether oxygens (including phenoxy) is 1. The molecule has 5 nitrogen and oxygen atoms in total. The Kier molecular flexibility index (Phi) is 5.79. The Labute approximate surface area is 143 Å². The predicted molar refractivity (Wildman–Crippen MR) is 93.9 cm³/mol. The van der Waals surface area contributed by atoms with Gasteiger partial charge in [-0.15, -0.1) is 0 Å². The Balaban J connectivity index is 1.91. The van der Waals surface area contributed by atoms with E-state index in [4.69, 9.17) is 4.74 Å². The molecule has 0 spiro atoms. The van der Waals surface area contributed by atoms with Crippen molar-refractivity contribution in [2.45, 2.75) is 32.9 Å². The molecule has 2 atom stereocenters. The number of para-hydroxylation sites is 1. The first-order chi connectivity index (χ1) is 11.4. The molecule has 1 N–H and O–H groups in total. The lowest BCUT2D eigenvalue weighted by molar-refractivity contribution is -0.134. The van der Waals surface area contributed by atoms with Gasteiger partial charge < -0.3 is 15.0 Å². The maximum absolute atomic E-state index is 12.4. The average molecular weight is 328 g/mol. The molecule has 2 rings (SSSR count). The van der Waals surface area contributed by atoms with Gasteiger partial charge in [-0.3, -0.25) is 9.59 Å². The first-order valence-corrected chi connectivity index (χ1v) is 8.03. The number of hydrogen-bond donors (Lipinski definition) is 1. The minimum Gasteiger partial charge on any atom is -0.491 e. The molecular formula is C19H24N2O3. The molecule has 0 fully saturated rings. The number of carbonyl (C=O) groups excluding carboxylic acids is 2. The fourth-order valence-electron chi connectivity index (χ4n) is 2.70. The van der Waals surface area contributed by atoms with Crippen LogP contribution in [-0.2, 0) is 9.59 Å². The summed E-state index contributed by atoms with van der Waals surface area (Å²) in [6.07, 6.45) is 4.76. The lowest BCUT2D eigenvalue weighted by Gasteiger charge is -2.24. The summed E-state index contributed by atoms with van der Waals surface area (Å²) in [4.78, 5) is 25.6. The topological polar surface area (TPSA) is 58.6 Å². The third-order valence-electron chi connectivity index (χ3n) is 3.96. The quantitative estimate of drug-likeness (QED) is 0.643. The molecule has 0 saturated heterocycles. The van der Waals surface area contributed by atoms with E-state index in [1.54, 1.807) is 6.08 Å². The maximum Gasteiger partial charge on any atom is 0.247 e. The van der Waals surface area contributed by atoms with Gasteiger partial charge in [0.05, 0.1) is 6.04 Å². The molecule has 24 heavy (non-hydrogen) atoms. The molecule has 0 aromatic heterocycles. The fraction of sp³-hybridized carbons (Fsp3) is 0.368. The zero-order valence-electron chi connectivity index (χ0n) is 14.4. The number of carbonyl (C=O) groups is 2. The Morgan fingerprint density at radius 3 is 2.71 bits per heavy atom. The summed E-state index contributed by atoms with van der Waals surface area (Å²) in [5, 5.41) is 2.90. The van der Waals surface area contributed by atoms with Gasteiger partial charge in [-0.1, -0.05) is 36.9 Å². The average Bonchev–Trinajstić information content (AvgIpc) is 3.03. The van der Waals surface area contributed by atoms with Crippen molar-refractivity contribution in [3.63, 3.8) is 0 Å². The van der Waals surface area contributed by atoms with Gasteiger partial charge >= 0.3 is 0 Å². The van der Waals surface area contributed by atoms with Crippen LogP contribution in [0.4, 0.5) is 0 Å². The maximum atomic E-state index is 12.4. The first-order valence-electron chi connectivity index (χ1n) is 8.03. The largest absolute Gasteiger partial charge is 0.491 e. The Bertz CT molecular complexity index is 646. The highest BCUT2D eigenvalue weighted by Crippen LogP contribution is 2.22. The van der Waals surface area contributed by atoms with E-state index < -0.39 is 6.04 Å². The van der Waals surface area contributed by atoms with Crippen LogP contribution < -0.4 is 10.1 Å². The van der Waals surface area contributed by atoms with Gasteiger partial charge in [-0.2, -0.15) is 0 Å². The molecule has 0 aliphatic carbocycles. The van der Waals surface area contributed by atoms with Gasteiger partial charge in [0, 0.05) is 6.54 Å². The SMILES string of the molecule is C=CC(=O)N1CC=C[C@H]1C(=O)NC(C)COc1c(C)cccc1C. The first kappa shape index (κ1) is 17.8. The van der Waals surface area contributed by atoms with E-state index >= 15 is 0 Å². The zero-order chi connectivity index (χ0) is 17.7. The molecule has 128 valence electrons. The van der Waals surface area contributed by atoms with E-state index in [0.29, 0.717) is 13.2 Å². The van der Waals surface area contributed by atoms with Crippen LogP contribution in [0.3, 0.4) is 0 Å². The van der Waals surface area contributed by atoms with Crippen molar-refractivity contribution in [2.75, 3.05) is 13.2 Å². The van der Waals surface area contributed by atoms with Crippen molar-refractivity contribution in [1.82, 2.24) is 10.2 Å². The van der Waals surface area contributed by atoms with Gasteiger partial charge in [0.2, 0.25) is 11.8 Å². The Morgan fingerprint density at radius 1 is 1.42 bits per heavy atom. The molecule has 0 bridgehead atoms. The molecule has 0 radical (unpaired) electrons. The van der Waals surface area contributed by atoms with Gasteiger partial charge in [-0.25, -0.2) is 0 Å². The lowest BCUT2D eigenvalue weighted by Crippen LogP contribution is -2.49. The van der Waals surface area contributed by atoms with Gasteiger partial charge in [-0.05, 0) is 38.0 Å². The van der Waals surface area contributed by atoms with E-state index in [9.17, 15) is 9.59 Å². The second-order valence-electron chi connectivity index (χ2n) is 6.01. The van der Waals surface area contributed by atoms with E-state index in [0.717, 1.165) is 16.9 Å². The summed E-state index contributed by atoms with van der Waals surface area (Å²) in [5.74, 6) is 0.388. The van der Waals surface area contributed by atoms with Gasteiger partial charge in [0.1, 0.15) is 18.4 Å². The van der Waals surface area contributed by atoms with Crippen molar-refractivity contribution in [2.24, 2.45) is 0 Å². The third kappa shape index (κ3) is 4.04. The second kappa shape index (κ2) is 7.81. The zero-order valence-corrected chi connectivity index (χ0v) is 14.4. The summed E-state index contributed by atoms with van der Waals surface area (Å²) in [6, 6.07) is 5.21. The standard InChI is InChI=1S/C19H24N2O3/c1-5-17(22)21-11-7-10-16(21)19(23)20-15(4)12-24-18-13(2)8-6-9-14(18)3/h5-10,15-16H,1,11-12H2,2-4H3,(H,20,23)/t15?,16-/m0/s1. The summed E-state index contributed by atoms with van der Waals surface area (Å²) < 4.78 is 5.86. The second-order valence-corrected chi connectivity index (χ2v) is 6.01. The van der Waals surface area contributed by atoms with E-state index in [1.165, 1.54) is 11.0 Å². The normalized spacial score (nSPS) is 17.5. The minimum atomic E-state index is -0.585. The predicted octanol–water partition coefficient (Wildman–Crippen LogP) is 2.14. The highest BCUT2D eigenvalue weighted by molar-refractivity contribution is 5.94. The van der Waals surface area contributed by atoms with Crippen molar-refractivity contribution >= 4 is 11.8 Å². The number of hydrogen-bond acceptors (Lipinski definition) is 3. The molecule has 1 aliphatic rings. The number of benzene rings is 1. The summed E-state index contributed by atoms with van der Waals surface area (Å²) in [7, 11) is 0. The summed E-state index contributed by atoms with van der Waals surface area (Å²) in [6.45, 7) is 10.1. The minimum absolute atomic E-state index is 0.175. The number of nitrogens with one attached hydrogen (secondary N) is 1. The van der Waals surface area contributed by atoms with Gasteiger partial charge in [0.25, 0.3) is 0 Å². The van der Waals surface area contributed by atoms with E-state index in [-0.39, 0.29) is 17.9 Å².